The van der Waals surface area contributed by atoms with E-state index in [4.69, 9.17) is 0 Å². The molecule has 1 heteroatoms. The van der Waals surface area contributed by atoms with Crippen LogP contribution in [0.2, 0.25) is 0 Å². The zero-order valence-electron chi connectivity index (χ0n) is 11.2. The van der Waals surface area contributed by atoms with Gasteiger partial charge in [0.25, 0.3) is 0 Å². The highest BCUT2D eigenvalue weighted by atomic mass is 127. The van der Waals surface area contributed by atoms with Gasteiger partial charge >= 0.3 is 21.2 Å². The molecule has 0 fully saturated rings. The lowest BCUT2D eigenvalue weighted by Crippen LogP contribution is -3.61. The molecule has 0 bridgehead atoms. The molecule has 0 aliphatic rings. The van der Waals surface area contributed by atoms with Crippen LogP contribution in [0.15, 0.2) is 60.7 Å². The molecule has 2 aromatic carbocycles. The van der Waals surface area contributed by atoms with Crippen molar-refractivity contribution in [2.24, 2.45) is 0 Å². The van der Waals surface area contributed by atoms with Crippen LogP contribution >= 0.6 is 0 Å². The lowest BCUT2D eigenvalue weighted by atomic mass is 10.4. The second-order valence-corrected chi connectivity index (χ2v) is 5.72. The summed E-state index contributed by atoms with van der Waals surface area (Å²) in [6, 6.07) is 21.4. The van der Waals surface area contributed by atoms with Crippen LogP contribution in [0, 0.1) is 7.14 Å². The molecule has 0 saturated carbocycles. The lowest BCUT2D eigenvalue weighted by Gasteiger charge is -1.84. The first kappa shape index (κ1) is 16.2. The molecular weight excluding hydrogens is 319 g/mol. The van der Waals surface area contributed by atoms with Crippen LogP contribution in [0.5, 0.6) is 0 Å². The van der Waals surface area contributed by atoms with Gasteiger partial charge in [-0.25, -0.2) is 0 Å². The van der Waals surface area contributed by atoms with E-state index in [9.17, 15) is 0 Å². The van der Waals surface area contributed by atoms with Gasteiger partial charge in [-0.15, -0.1) is 0 Å². The maximum atomic E-state index is 2.21. The molecular formula is C16H22I+. The van der Waals surface area contributed by atoms with Gasteiger partial charge in [0.1, 0.15) is 0 Å². The maximum Gasteiger partial charge on any atom is 0.357 e. The average Bonchev–Trinajstić information content (AvgIpc) is 2.45. The van der Waals surface area contributed by atoms with Gasteiger partial charge in [-0.1, -0.05) is 64.1 Å². The van der Waals surface area contributed by atoms with Crippen molar-refractivity contribution in [1.29, 1.82) is 0 Å². The van der Waals surface area contributed by atoms with Gasteiger partial charge in [0, 0.05) is 0 Å². The third kappa shape index (κ3) is 7.16. The zero-order valence-corrected chi connectivity index (χ0v) is 13.3. The predicted octanol–water partition coefficient (Wildman–Crippen LogP) is 1.87. The molecule has 92 valence electrons. The smallest absolute Gasteiger partial charge is 0.0683 e. The number of benzene rings is 2. The first-order valence-electron chi connectivity index (χ1n) is 6.20. The highest BCUT2D eigenvalue weighted by molar-refractivity contribution is 5.02. The monoisotopic (exact) mass is 341 g/mol. The highest BCUT2D eigenvalue weighted by Gasteiger charge is 2.12. The van der Waals surface area contributed by atoms with Crippen molar-refractivity contribution >= 4 is 0 Å². The summed E-state index contributed by atoms with van der Waals surface area (Å²) in [5.74, 6) is 0. The Morgan fingerprint density at radius 1 is 0.529 bits per heavy atom. The van der Waals surface area contributed by atoms with Gasteiger partial charge in [0.2, 0.25) is 0 Å². The molecule has 0 N–H and O–H groups in total. The van der Waals surface area contributed by atoms with Crippen LogP contribution in [0.25, 0.3) is 0 Å². The molecule has 0 unspecified atom stereocenters. The van der Waals surface area contributed by atoms with E-state index in [1.807, 2.05) is 27.7 Å². The van der Waals surface area contributed by atoms with Crippen LogP contribution in [0.3, 0.4) is 0 Å². The zero-order chi connectivity index (χ0) is 12.9. The van der Waals surface area contributed by atoms with Gasteiger partial charge < -0.3 is 0 Å². The van der Waals surface area contributed by atoms with E-state index in [0.717, 1.165) is 0 Å². The van der Waals surface area contributed by atoms with Crippen molar-refractivity contribution < 1.29 is 21.2 Å². The lowest BCUT2D eigenvalue weighted by molar-refractivity contribution is -0.597. The van der Waals surface area contributed by atoms with Gasteiger partial charge in [-0.3, -0.25) is 0 Å². The summed E-state index contributed by atoms with van der Waals surface area (Å²) >= 11 is 0.0287. The van der Waals surface area contributed by atoms with E-state index < -0.39 is 0 Å². The Morgan fingerprint density at radius 2 is 0.824 bits per heavy atom. The van der Waals surface area contributed by atoms with E-state index >= 15 is 0 Å². The number of hydrogen-bond donors (Lipinski definition) is 0. The van der Waals surface area contributed by atoms with Crippen LogP contribution in [0.4, 0.5) is 0 Å². The van der Waals surface area contributed by atoms with E-state index in [0.29, 0.717) is 0 Å². The van der Waals surface area contributed by atoms with Gasteiger partial charge in [-0.05, 0) is 24.3 Å². The molecule has 0 radical (unpaired) electrons. The van der Waals surface area contributed by atoms with Crippen LogP contribution in [-0.4, -0.2) is 0 Å². The fourth-order valence-corrected chi connectivity index (χ4v) is 3.35. The third-order valence-electron chi connectivity index (χ3n) is 1.68. The Hall–Kier alpha value is -0.830. The Labute approximate surface area is 116 Å². The first-order chi connectivity index (χ1) is 8.45. The van der Waals surface area contributed by atoms with Crippen molar-refractivity contribution in [3.63, 3.8) is 0 Å². The molecule has 0 atom stereocenters. The molecule has 0 aromatic heterocycles. The molecule has 0 spiro atoms. The summed E-state index contributed by atoms with van der Waals surface area (Å²) < 4.78 is 2.96. The van der Waals surface area contributed by atoms with Gasteiger partial charge in [-0.2, -0.15) is 0 Å². The molecule has 0 heterocycles. The van der Waals surface area contributed by atoms with E-state index in [1.165, 1.54) is 7.14 Å². The second kappa shape index (κ2) is 11.6. The Balaban J connectivity index is 0.000000581. The SMILES string of the molecule is CC.CC.c1ccc([I+]c2ccccc2)cc1. The Bertz CT molecular complexity index is 316. The summed E-state index contributed by atoms with van der Waals surface area (Å²) in [7, 11) is 0. The van der Waals surface area contributed by atoms with E-state index in [2.05, 4.69) is 60.7 Å². The molecule has 0 aliphatic heterocycles. The van der Waals surface area contributed by atoms with Crippen molar-refractivity contribution in [1.82, 2.24) is 0 Å². The summed E-state index contributed by atoms with van der Waals surface area (Å²) in [5, 5.41) is 0. The minimum absolute atomic E-state index is 0.0287. The standard InChI is InChI=1S/C12H10I.2C2H6/c1-3-7-11(8-4-1)13-12-9-5-2-6-10-12;2*1-2/h1-10H;2*1-2H3/q+1;;. The summed E-state index contributed by atoms with van der Waals surface area (Å²) in [4.78, 5) is 0. The summed E-state index contributed by atoms with van der Waals surface area (Å²) in [5.41, 5.74) is 0. The molecule has 17 heavy (non-hydrogen) atoms. The first-order valence-corrected chi connectivity index (χ1v) is 8.36. The molecule has 0 aliphatic carbocycles. The van der Waals surface area contributed by atoms with Crippen LogP contribution in [-0.2, 0) is 0 Å². The molecule has 0 nitrogen and oxygen atoms in total. The number of halogens is 1. The van der Waals surface area contributed by atoms with Crippen molar-refractivity contribution in [2.75, 3.05) is 0 Å². The van der Waals surface area contributed by atoms with Crippen molar-refractivity contribution in [2.45, 2.75) is 27.7 Å². The fourth-order valence-electron chi connectivity index (χ4n) is 1.08. The predicted molar refractivity (Wildman–Crippen MR) is 73.0 cm³/mol. The fraction of sp³-hybridized carbons (Fsp3) is 0.250. The minimum Gasteiger partial charge on any atom is -0.0683 e. The molecule has 2 aromatic rings. The quantitative estimate of drug-likeness (QED) is 0.732. The summed E-state index contributed by atoms with van der Waals surface area (Å²) in [6.07, 6.45) is 0. The number of hydrogen-bond acceptors (Lipinski definition) is 0. The van der Waals surface area contributed by atoms with Crippen LogP contribution < -0.4 is 21.2 Å². The van der Waals surface area contributed by atoms with Gasteiger partial charge in [0.15, 0.2) is 7.14 Å². The average molecular weight is 341 g/mol. The second-order valence-electron chi connectivity index (χ2n) is 2.69. The minimum atomic E-state index is 0.0287. The maximum absolute atomic E-state index is 2.21. The van der Waals surface area contributed by atoms with Crippen molar-refractivity contribution in [3.8, 4) is 0 Å². The third-order valence-corrected chi connectivity index (χ3v) is 4.37. The summed E-state index contributed by atoms with van der Waals surface area (Å²) in [6.45, 7) is 8.00. The molecule has 0 amide bonds. The molecule has 0 saturated heterocycles. The normalized spacial score (nSPS) is 8.24. The van der Waals surface area contributed by atoms with Gasteiger partial charge in [0.05, 0.1) is 0 Å². The van der Waals surface area contributed by atoms with E-state index in [-0.39, 0.29) is 21.2 Å². The molecule has 2 rings (SSSR count). The van der Waals surface area contributed by atoms with Crippen LogP contribution in [0.1, 0.15) is 27.7 Å². The van der Waals surface area contributed by atoms with Crippen molar-refractivity contribution in [3.05, 3.63) is 67.8 Å². The topological polar surface area (TPSA) is 0 Å². The largest absolute Gasteiger partial charge is 0.357 e. The Morgan fingerprint density at radius 3 is 1.12 bits per heavy atom. The highest BCUT2D eigenvalue weighted by Crippen LogP contribution is 1.85. The van der Waals surface area contributed by atoms with E-state index in [1.54, 1.807) is 0 Å². The Kier molecular flexibility index (Phi) is 11.1. The number of rotatable bonds is 2.